The lowest BCUT2D eigenvalue weighted by Gasteiger charge is -2.30. The van der Waals surface area contributed by atoms with Gasteiger partial charge in [0.1, 0.15) is 5.75 Å². The van der Waals surface area contributed by atoms with Crippen LogP contribution < -0.4 is 9.64 Å². The summed E-state index contributed by atoms with van der Waals surface area (Å²) in [6.45, 7) is 2.17. The predicted octanol–water partition coefficient (Wildman–Crippen LogP) is 3.86. The van der Waals surface area contributed by atoms with Gasteiger partial charge in [-0.2, -0.15) is 0 Å². The average Bonchev–Trinajstić information content (AvgIpc) is 2.93. The molecule has 0 spiro atoms. The Labute approximate surface area is 176 Å². The van der Waals surface area contributed by atoms with Crippen LogP contribution in [0, 0.1) is 6.92 Å². The molecule has 2 aliphatic heterocycles. The highest BCUT2D eigenvalue weighted by molar-refractivity contribution is 6.21. The maximum Gasteiger partial charge on any atom is 0.573 e. The van der Waals surface area contributed by atoms with E-state index in [0.29, 0.717) is 41.8 Å². The summed E-state index contributed by atoms with van der Waals surface area (Å²) >= 11 is 0. The van der Waals surface area contributed by atoms with E-state index in [4.69, 9.17) is 0 Å². The number of carbonyl (C=O) groups is 3. The van der Waals surface area contributed by atoms with Crippen molar-refractivity contribution in [3.63, 3.8) is 0 Å². The Morgan fingerprint density at radius 1 is 1.06 bits per heavy atom. The van der Waals surface area contributed by atoms with Gasteiger partial charge in [-0.15, -0.1) is 13.2 Å². The van der Waals surface area contributed by atoms with Gasteiger partial charge >= 0.3 is 6.36 Å². The Morgan fingerprint density at radius 3 is 2.55 bits per heavy atom. The zero-order chi connectivity index (χ0) is 22.3. The highest BCUT2D eigenvalue weighted by atomic mass is 19.4. The van der Waals surface area contributed by atoms with E-state index in [2.05, 4.69) is 4.74 Å². The quantitative estimate of drug-likeness (QED) is 0.689. The molecule has 4 rings (SSSR count). The molecule has 0 saturated heterocycles. The molecule has 3 amide bonds. The lowest BCUT2D eigenvalue weighted by molar-refractivity contribution is -0.274. The van der Waals surface area contributed by atoms with Gasteiger partial charge in [0, 0.05) is 25.2 Å². The van der Waals surface area contributed by atoms with E-state index in [9.17, 15) is 27.6 Å². The van der Waals surface area contributed by atoms with Gasteiger partial charge in [0.05, 0.1) is 11.1 Å². The molecule has 0 N–H and O–H groups in total. The van der Waals surface area contributed by atoms with Crippen molar-refractivity contribution in [2.75, 3.05) is 18.0 Å². The number of alkyl halides is 3. The van der Waals surface area contributed by atoms with Crippen molar-refractivity contribution < 1.29 is 32.3 Å². The van der Waals surface area contributed by atoms with Crippen LogP contribution >= 0.6 is 0 Å². The van der Waals surface area contributed by atoms with Gasteiger partial charge in [-0.3, -0.25) is 19.3 Å². The number of fused-ring (bicyclic) bond motifs is 2. The molecular formula is C22H19F3N2O4. The number of rotatable bonds is 4. The molecule has 0 unspecified atom stereocenters. The minimum Gasteiger partial charge on any atom is -0.406 e. The first kappa shape index (κ1) is 20.9. The van der Waals surface area contributed by atoms with E-state index >= 15 is 0 Å². The molecule has 6 nitrogen and oxygen atoms in total. The van der Waals surface area contributed by atoms with E-state index in [0.717, 1.165) is 10.5 Å². The largest absolute Gasteiger partial charge is 0.573 e. The predicted molar refractivity (Wildman–Crippen MR) is 105 cm³/mol. The van der Waals surface area contributed by atoms with E-state index in [1.54, 1.807) is 18.2 Å². The zero-order valence-corrected chi connectivity index (χ0v) is 16.7. The molecule has 0 saturated carbocycles. The Morgan fingerprint density at radius 2 is 1.81 bits per heavy atom. The third-order valence-electron chi connectivity index (χ3n) is 5.38. The fourth-order valence-electron chi connectivity index (χ4n) is 3.98. The molecular weight excluding hydrogens is 413 g/mol. The second-order valence-corrected chi connectivity index (χ2v) is 7.55. The number of nitrogens with zero attached hydrogens (tertiary/aromatic N) is 2. The number of benzene rings is 2. The number of hydrogen-bond donors (Lipinski definition) is 0. The van der Waals surface area contributed by atoms with Gasteiger partial charge in [-0.05, 0) is 55.7 Å². The maximum atomic E-state index is 12.8. The van der Waals surface area contributed by atoms with E-state index < -0.39 is 18.2 Å². The van der Waals surface area contributed by atoms with Crippen LogP contribution in [0.25, 0.3) is 0 Å². The van der Waals surface area contributed by atoms with Gasteiger partial charge in [-0.1, -0.05) is 11.6 Å². The maximum absolute atomic E-state index is 12.8. The molecule has 0 aliphatic carbocycles. The smallest absolute Gasteiger partial charge is 0.406 e. The first-order chi connectivity index (χ1) is 14.6. The van der Waals surface area contributed by atoms with Crippen LogP contribution in [0.15, 0.2) is 36.4 Å². The highest BCUT2D eigenvalue weighted by Gasteiger charge is 2.36. The molecule has 2 aromatic carbocycles. The molecule has 31 heavy (non-hydrogen) atoms. The van der Waals surface area contributed by atoms with E-state index in [-0.39, 0.29) is 24.6 Å². The lowest BCUT2D eigenvalue weighted by Crippen LogP contribution is -2.39. The van der Waals surface area contributed by atoms with Crippen LogP contribution in [0.5, 0.6) is 5.75 Å². The number of aryl methyl sites for hydroxylation is 2. The second-order valence-electron chi connectivity index (χ2n) is 7.55. The summed E-state index contributed by atoms with van der Waals surface area (Å²) in [4.78, 5) is 40.5. The van der Waals surface area contributed by atoms with Crippen molar-refractivity contribution in [3.8, 4) is 5.75 Å². The average molecular weight is 432 g/mol. The summed E-state index contributed by atoms with van der Waals surface area (Å²) in [7, 11) is 0. The molecule has 0 atom stereocenters. The lowest BCUT2D eigenvalue weighted by atomic mass is 10.0. The van der Waals surface area contributed by atoms with E-state index in [1.807, 2.05) is 6.92 Å². The summed E-state index contributed by atoms with van der Waals surface area (Å²) in [5.74, 6) is -1.50. The minimum absolute atomic E-state index is 0.0642. The van der Waals surface area contributed by atoms with Crippen LogP contribution in [0.4, 0.5) is 18.9 Å². The van der Waals surface area contributed by atoms with Gasteiger partial charge in [0.25, 0.3) is 11.8 Å². The molecule has 9 heteroatoms. The van der Waals surface area contributed by atoms with Crippen LogP contribution in [0.2, 0.25) is 0 Å². The Balaban J connectivity index is 1.46. The monoisotopic (exact) mass is 432 g/mol. The number of hydrogen-bond acceptors (Lipinski definition) is 4. The summed E-state index contributed by atoms with van der Waals surface area (Å²) in [5, 5.41) is 0. The first-order valence-corrected chi connectivity index (χ1v) is 9.80. The molecule has 2 aromatic rings. The van der Waals surface area contributed by atoms with Crippen molar-refractivity contribution in [1.29, 1.82) is 0 Å². The number of anilines is 1. The fraction of sp³-hybridized carbons (Fsp3) is 0.318. The second kappa shape index (κ2) is 7.72. The summed E-state index contributed by atoms with van der Waals surface area (Å²) in [5.41, 5.74) is 2.61. The summed E-state index contributed by atoms with van der Waals surface area (Å²) < 4.78 is 41.3. The van der Waals surface area contributed by atoms with Crippen molar-refractivity contribution in [1.82, 2.24) is 4.90 Å². The van der Waals surface area contributed by atoms with Crippen molar-refractivity contribution >= 4 is 23.4 Å². The van der Waals surface area contributed by atoms with Crippen LogP contribution in [0.1, 0.15) is 44.7 Å². The van der Waals surface area contributed by atoms with Crippen molar-refractivity contribution in [3.05, 3.63) is 58.7 Å². The third kappa shape index (κ3) is 4.12. The van der Waals surface area contributed by atoms with Gasteiger partial charge in [-0.25, -0.2) is 0 Å². The Hall–Kier alpha value is -3.36. The van der Waals surface area contributed by atoms with Crippen LogP contribution in [0.3, 0.4) is 0 Å². The topological polar surface area (TPSA) is 66.9 Å². The molecule has 2 aliphatic rings. The molecule has 2 heterocycles. The van der Waals surface area contributed by atoms with Crippen LogP contribution in [-0.2, 0) is 11.2 Å². The van der Waals surface area contributed by atoms with Crippen LogP contribution in [-0.4, -0.2) is 42.1 Å². The van der Waals surface area contributed by atoms with Gasteiger partial charge in [0.15, 0.2) is 0 Å². The highest BCUT2D eigenvalue weighted by Crippen LogP contribution is 2.33. The standard InChI is InChI=1S/C22H19F3N2O4/c1-13-4-6-16-17(11-13)21(30)27(20(16)29)10-8-19(28)26-9-2-3-14-12-15(5-7-18(14)26)31-22(23,24)25/h4-7,11-12H,2-3,8-10H2,1H3. The zero-order valence-electron chi connectivity index (χ0n) is 16.7. The number of amides is 3. The number of halogens is 3. The summed E-state index contributed by atoms with van der Waals surface area (Å²) in [6, 6.07) is 8.89. The molecule has 0 fully saturated rings. The third-order valence-corrected chi connectivity index (χ3v) is 5.38. The SMILES string of the molecule is Cc1ccc2c(c1)C(=O)N(CCC(=O)N1CCCc3cc(OC(F)(F)F)ccc31)C2=O. The van der Waals surface area contributed by atoms with Gasteiger partial charge in [0.2, 0.25) is 5.91 Å². The molecule has 0 radical (unpaired) electrons. The number of imide groups is 1. The number of ether oxygens (including phenoxy) is 1. The molecule has 0 bridgehead atoms. The number of carbonyl (C=O) groups excluding carboxylic acids is 3. The van der Waals surface area contributed by atoms with Crippen molar-refractivity contribution in [2.45, 2.75) is 32.5 Å². The normalized spacial score (nSPS) is 15.7. The van der Waals surface area contributed by atoms with Crippen molar-refractivity contribution in [2.24, 2.45) is 0 Å². The molecule has 162 valence electrons. The Kier molecular flexibility index (Phi) is 5.20. The Bertz CT molecular complexity index is 1080. The minimum atomic E-state index is -4.79. The molecule has 0 aromatic heterocycles. The first-order valence-electron chi connectivity index (χ1n) is 9.80. The van der Waals surface area contributed by atoms with Gasteiger partial charge < -0.3 is 9.64 Å². The van der Waals surface area contributed by atoms with E-state index in [1.165, 1.54) is 23.1 Å². The fourth-order valence-corrected chi connectivity index (χ4v) is 3.98. The summed E-state index contributed by atoms with van der Waals surface area (Å²) in [6.07, 6.45) is -3.76.